The topological polar surface area (TPSA) is 95.9 Å². The highest BCUT2D eigenvalue weighted by Gasteiger charge is 2.08. The maximum absolute atomic E-state index is 11.1. The molecule has 0 atom stereocenters. The quantitative estimate of drug-likeness (QED) is 0.652. The number of amides is 1. The van der Waals surface area contributed by atoms with E-state index in [1.54, 1.807) is 23.9 Å². The molecule has 1 aromatic heterocycles. The molecule has 0 spiro atoms. The van der Waals surface area contributed by atoms with Gasteiger partial charge in [0, 0.05) is 11.3 Å². The molecular formula is C17H17N5O2S. The Kier molecular flexibility index (Phi) is 5.30. The highest BCUT2D eigenvalue weighted by atomic mass is 32.2. The molecule has 0 bridgehead atoms. The number of primary amides is 1. The van der Waals surface area contributed by atoms with Gasteiger partial charge in [0.1, 0.15) is 5.75 Å². The Hall–Kier alpha value is -2.87. The van der Waals surface area contributed by atoms with Gasteiger partial charge in [0.2, 0.25) is 11.1 Å². The molecule has 1 heterocycles. The summed E-state index contributed by atoms with van der Waals surface area (Å²) in [6.07, 6.45) is 0. The summed E-state index contributed by atoms with van der Waals surface area (Å²) in [5, 5.41) is 12.6. The first-order valence-corrected chi connectivity index (χ1v) is 8.55. The average molecular weight is 355 g/mol. The maximum atomic E-state index is 11.1. The number of nitrogens with zero attached hydrogens (tertiary/aromatic N) is 4. The van der Waals surface area contributed by atoms with Gasteiger partial charge in [-0.05, 0) is 45.8 Å². The summed E-state index contributed by atoms with van der Waals surface area (Å²) in [7, 11) is 1.64. The molecule has 25 heavy (non-hydrogen) atoms. The van der Waals surface area contributed by atoms with E-state index in [1.807, 2.05) is 36.4 Å². The van der Waals surface area contributed by atoms with Crippen molar-refractivity contribution in [3.63, 3.8) is 0 Å². The predicted octanol–water partition coefficient (Wildman–Crippen LogP) is 2.12. The van der Waals surface area contributed by atoms with Crippen molar-refractivity contribution >= 4 is 17.7 Å². The number of ether oxygens (including phenoxy) is 1. The molecule has 1 amide bonds. The van der Waals surface area contributed by atoms with E-state index in [0.29, 0.717) is 17.9 Å². The second kappa shape index (κ2) is 7.80. The zero-order valence-electron chi connectivity index (χ0n) is 13.6. The molecule has 7 nitrogen and oxygen atoms in total. The van der Waals surface area contributed by atoms with Crippen LogP contribution in [-0.2, 0) is 12.3 Å². The largest absolute Gasteiger partial charge is 0.497 e. The van der Waals surface area contributed by atoms with Crippen LogP contribution in [0.25, 0.3) is 0 Å². The van der Waals surface area contributed by atoms with Gasteiger partial charge in [-0.3, -0.25) is 4.79 Å². The lowest BCUT2D eigenvalue weighted by molar-refractivity contribution is 0.100. The molecule has 0 saturated carbocycles. The molecule has 0 aliphatic carbocycles. The summed E-state index contributed by atoms with van der Waals surface area (Å²) < 4.78 is 6.91. The van der Waals surface area contributed by atoms with E-state index in [-0.39, 0.29) is 0 Å². The molecule has 2 N–H and O–H groups in total. The van der Waals surface area contributed by atoms with Crippen LogP contribution in [0.4, 0.5) is 0 Å². The number of thioether (sulfide) groups is 1. The fourth-order valence-electron chi connectivity index (χ4n) is 2.22. The van der Waals surface area contributed by atoms with E-state index in [1.165, 1.54) is 11.8 Å². The molecule has 3 rings (SSSR count). The van der Waals surface area contributed by atoms with E-state index in [4.69, 9.17) is 10.5 Å². The molecule has 3 aromatic rings. The van der Waals surface area contributed by atoms with E-state index >= 15 is 0 Å². The van der Waals surface area contributed by atoms with Crippen molar-refractivity contribution in [1.82, 2.24) is 20.2 Å². The smallest absolute Gasteiger partial charge is 0.248 e. The zero-order valence-corrected chi connectivity index (χ0v) is 14.4. The Morgan fingerprint density at radius 1 is 1.12 bits per heavy atom. The van der Waals surface area contributed by atoms with Crippen LogP contribution in [0.1, 0.15) is 21.5 Å². The first-order valence-electron chi connectivity index (χ1n) is 7.56. The summed E-state index contributed by atoms with van der Waals surface area (Å²) in [5.74, 6) is 1.08. The van der Waals surface area contributed by atoms with Crippen molar-refractivity contribution in [3.8, 4) is 5.75 Å². The number of carbonyl (C=O) groups is 1. The van der Waals surface area contributed by atoms with Crippen molar-refractivity contribution in [1.29, 1.82) is 0 Å². The number of hydrogen-bond acceptors (Lipinski definition) is 6. The van der Waals surface area contributed by atoms with Crippen molar-refractivity contribution < 1.29 is 9.53 Å². The molecule has 0 fully saturated rings. The Morgan fingerprint density at radius 2 is 1.80 bits per heavy atom. The van der Waals surface area contributed by atoms with Crippen molar-refractivity contribution in [2.45, 2.75) is 17.5 Å². The Balaban J connectivity index is 1.64. The molecule has 0 radical (unpaired) electrons. The van der Waals surface area contributed by atoms with Crippen LogP contribution in [-0.4, -0.2) is 33.2 Å². The fraction of sp³-hybridized carbons (Fsp3) is 0.176. The third-order valence-electron chi connectivity index (χ3n) is 3.60. The van der Waals surface area contributed by atoms with Crippen LogP contribution in [0.2, 0.25) is 0 Å². The summed E-state index contributed by atoms with van der Waals surface area (Å²) in [6, 6.07) is 15.0. The lowest BCUT2D eigenvalue weighted by Crippen LogP contribution is -2.10. The van der Waals surface area contributed by atoms with E-state index in [2.05, 4.69) is 15.5 Å². The van der Waals surface area contributed by atoms with E-state index in [9.17, 15) is 4.79 Å². The molecular weight excluding hydrogens is 338 g/mol. The van der Waals surface area contributed by atoms with Crippen LogP contribution in [0.3, 0.4) is 0 Å². The minimum atomic E-state index is -0.428. The summed E-state index contributed by atoms with van der Waals surface area (Å²) in [4.78, 5) is 11.1. The van der Waals surface area contributed by atoms with Crippen LogP contribution < -0.4 is 10.5 Å². The molecule has 0 aliphatic rings. The highest BCUT2D eigenvalue weighted by Crippen LogP contribution is 2.21. The lowest BCUT2D eigenvalue weighted by atomic mass is 10.1. The third-order valence-corrected chi connectivity index (χ3v) is 4.63. The van der Waals surface area contributed by atoms with Gasteiger partial charge in [0.15, 0.2) is 0 Å². The molecule has 0 aliphatic heterocycles. The minimum absolute atomic E-state index is 0.428. The van der Waals surface area contributed by atoms with Gasteiger partial charge in [-0.15, -0.1) is 5.10 Å². The maximum Gasteiger partial charge on any atom is 0.248 e. The van der Waals surface area contributed by atoms with E-state index in [0.717, 1.165) is 22.0 Å². The highest BCUT2D eigenvalue weighted by molar-refractivity contribution is 7.98. The van der Waals surface area contributed by atoms with Crippen LogP contribution >= 0.6 is 11.8 Å². The summed E-state index contributed by atoms with van der Waals surface area (Å²) >= 11 is 1.53. The summed E-state index contributed by atoms with van der Waals surface area (Å²) in [6.45, 7) is 0.583. The fourth-order valence-corrected chi connectivity index (χ4v) is 3.05. The standard InChI is InChI=1S/C17H17N5O2S/c1-24-15-8-4-12(5-9-15)10-22-17(19-20-21-22)25-11-13-2-6-14(7-3-13)16(18)23/h2-9H,10-11H2,1H3,(H2,18,23). The molecule has 128 valence electrons. The Bertz CT molecular complexity index is 846. The number of hydrogen-bond donors (Lipinski definition) is 1. The lowest BCUT2D eigenvalue weighted by Gasteiger charge is -2.06. The number of nitrogens with two attached hydrogens (primary N) is 1. The molecule has 8 heteroatoms. The zero-order chi connectivity index (χ0) is 17.6. The minimum Gasteiger partial charge on any atom is -0.497 e. The first kappa shape index (κ1) is 17.0. The van der Waals surface area contributed by atoms with Gasteiger partial charge >= 0.3 is 0 Å². The van der Waals surface area contributed by atoms with Gasteiger partial charge in [0.05, 0.1) is 13.7 Å². The molecule has 0 saturated heterocycles. The molecule has 0 unspecified atom stereocenters. The van der Waals surface area contributed by atoms with Gasteiger partial charge < -0.3 is 10.5 Å². The monoisotopic (exact) mass is 355 g/mol. The van der Waals surface area contributed by atoms with Crippen LogP contribution in [0, 0.1) is 0 Å². The first-order chi connectivity index (χ1) is 12.2. The normalized spacial score (nSPS) is 10.6. The van der Waals surface area contributed by atoms with Gasteiger partial charge in [-0.2, -0.15) is 0 Å². The second-order valence-corrected chi connectivity index (χ2v) is 6.26. The number of carbonyl (C=O) groups excluding carboxylic acids is 1. The van der Waals surface area contributed by atoms with Crippen LogP contribution in [0.15, 0.2) is 53.7 Å². The van der Waals surface area contributed by atoms with Gasteiger partial charge in [-0.25, -0.2) is 4.68 Å². The number of aromatic nitrogens is 4. The number of methoxy groups -OCH3 is 1. The predicted molar refractivity (Wildman–Crippen MR) is 94.4 cm³/mol. The van der Waals surface area contributed by atoms with E-state index < -0.39 is 5.91 Å². The number of tetrazole rings is 1. The average Bonchev–Trinajstić information content (AvgIpc) is 3.08. The van der Waals surface area contributed by atoms with Crippen molar-refractivity contribution in [3.05, 3.63) is 65.2 Å². The third kappa shape index (κ3) is 4.36. The SMILES string of the molecule is COc1ccc(Cn2nnnc2SCc2ccc(C(N)=O)cc2)cc1. The number of rotatable bonds is 7. The Labute approximate surface area is 149 Å². The van der Waals surface area contributed by atoms with Gasteiger partial charge in [0.25, 0.3) is 0 Å². The Morgan fingerprint density at radius 3 is 2.44 bits per heavy atom. The van der Waals surface area contributed by atoms with Crippen molar-refractivity contribution in [2.75, 3.05) is 7.11 Å². The molecule has 2 aromatic carbocycles. The van der Waals surface area contributed by atoms with Crippen molar-refractivity contribution in [2.24, 2.45) is 5.73 Å². The van der Waals surface area contributed by atoms with Crippen LogP contribution in [0.5, 0.6) is 5.75 Å². The van der Waals surface area contributed by atoms with Gasteiger partial charge in [-0.1, -0.05) is 36.0 Å². The number of benzene rings is 2. The second-order valence-electron chi connectivity index (χ2n) is 5.32. The summed E-state index contributed by atoms with van der Waals surface area (Å²) in [5.41, 5.74) is 7.89.